The summed E-state index contributed by atoms with van der Waals surface area (Å²) in [4.78, 5) is 11.7. The molecule has 2 rings (SSSR count). The normalized spacial score (nSPS) is 10.6. The smallest absolute Gasteiger partial charge is 0.258 e. The predicted octanol–water partition coefficient (Wildman–Crippen LogP) is 3.40. The number of amides is 1. The van der Waals surface area contributed by atoms with Gasteiger partial charge in [-0.3, -0.25) is 4.79 Å². The summed E-state index contributed by atoms with van der Waals surface area (Å²) >= 11 is 0. The highest BCUT2D eigenvalue weighted by Crippen LogP contribution is 2.18. The molecule has 23 heavy (non-hydrogen) atoms. The van der Waals surface area contributed by atoms with Crippen molar-refractivity contribution in [1.29, 1.82) is 0 Å². The number of carbonyl (C=O) groups is 1. The van der Waals surface area contributed by atoms with Gasteiger partial charge in [0.05, 0.1) is 19.4 Å². The van der Waals surface area contributed by atoms with E-state index in [0.717, 1.165) is 12.2 Å². The average Bonchev–Trinajstić information content (AvgIpc) is 3.05. The van der Waals surface area contributed by atoms with E-state index in [4.69, 9.17) is 13.9 Å². The second-order valence-corrected chi connectivity index (χ2v) is 5.65. The first-order valence-corrected chi connectivity index (χ1v) is 7.78. The SMILES string of the molecule is CC(C)CCOc1ccc(OCC(=O)NCc2ccco2)cc1. The molecule has 0 aliphatic heterocycles. The van der Waals surface area contributed by atoms with E-state index in [1.165, 1.54) is 0 Å². The maximum atomic E-state index is 11.7. The Morgan fingerprint density at radius 3 is 2.43 bits per heavy atom. The quantitative estimate of drug-likeness (QED) is 0.770. The average molecular weight is 317 g/mol. The summed E-state index contributed by atoms with van der Waals surface area (Å²) in [5, 5.41) is 2.72. The minimum Gasteiger partial charge on any atom is -0.494 e. The highest BCUT2D eigenvalue weighted by molar-refractivity contribution is 5.77. The van der Waals surface area contributed by atoms with E-state index < -0.39 is 0 Å². The molecule has 0 spiro atoms. The van der Waals surface area contributed by atoms with E-state index in [1.807, 2.05) is 12.1 Å². The second kappa shape index (κ2) is 8.88. The van der Waals surface area contributed by atoms with Gasteiger partial charge in [-0.2, -0.15) is 0 Å². The van der Waals surface area contributed by atoms with Gasteiger partial charge >= 0.3 is 0 Å². The summed E-state index contributed by atoms with van der Waals surface area (Å²) in [5.74, 6) is 2.58. The number of benzene rings is 1. The third-order valence-electron chi connectivity index (χ3n) is 3.20. The molecule has 0 saturated carbocycles. The Kier molecular flexibility index (Phi) is 6.54. The lowest BCUT2D eigenvalue weighted by Gasteiger charge is -2.09. The molecule has 0 aliphatic rings. The largest absolute Gasteiger partial charge is 0.494 e. The summed E-state index contributed by atoms with van der Waals surface area (Å²) in [7, 11) is 0. The molecule has 0 bridgehead atoms. The van der Waals surface area contributed by atoms with Gasteiger partial charge in [0.1, 0.15) is 17.3 Å². The van der Waals surface area contributed by atoms with Gasteiger partial charge in [-0.25, -0.2) is 0 Å². The van der Waals surface area contributed by atoms with Crippen molar-refractivity contribution in [3.63, 3.8) is 0 Å². The summed E-state index contributed by atoms with van der Waals surface area (Å²) in [6.07, 6.45) is 2.59. The molecule has 1 aromatic heterocycles. The molecular formula is C18H23NO4. The zero-order valence-electron chi connectivity index (χ0n) is 13.6. The van der Waals surface area contributed by atoms with Crippen LogP contribution in [0.1, 0.15) is 26.0 Å². The van der Waals surface area contributed by atoms with Crippen molar-refractivity contribution in [2.45, 2.75) is 26.8 Å². The number of rotatable bonds is 9. The molecule has 0 radical (unpaired) electrons. The lowest BCUT2D eigenvalue weighted by molar-refractivity contribution is -0.123. The van der Waals surface area contributed by atoms with Crippen LogP contribution >= 0.6 is 0 Å². The van der Waals surface area contributed by atoms with Crippen LogP contribution in [0.25, 0.3) is 0 Å². The molecule has 124 valence electrons. The number of carbonyl (C=O) groups excluding carboxylic acids is 1. The molecule has 1 heterocycles. The fourth-order valence-corrected chi connectivity index (χ4v) is 1.84. The van der Waals surface area contributed by atoms with Gasteiger partial charge in [-0.15, -0.1) is 0 Å². The third-order valence-corrected chi connectivity index (χ3v) is 3.20. The van der Waals surface area contributed by atoms with Crippen LogP contribution in [0, 0.1) is 5.92 Å². The molecule has 0 aliphatic carbocycles. The Morgan fingerprint density at radius 1 is 1.13 bits per heavy atom. The minimum absolute atomic E-state index is 0.0335. The van der Waals surface area contributed by atoms with Crippen LogP contribution in [0.2, 0.25) is 0 Å². The standard InChI is InChI=1S/C18H23NO4/c1-14(2)9-11-22-15-5-7-16(8-6-15)23-13-18(20)19-12-17-4-3-10-21-17/h3-8,10,14H,9,11-13H2,1-2H3,(H,19,20). The van der Waals surface area contributed by atoms with Crippen LogP contribution in [0.5, 0.6) is 11.5 Å². The van der Waals surface area contributed by atoms with E-state index in [0.29, 0.717) is 30.6 Å². The molecule has 0 unspecified atom stereocenters. The van der Waals surface area contributed by atoms with Gasteiger partial charge in [0.2, 0.25) is 0 Å². The van der Waals surface area contributed by atoms with Crippen molar-refractivity contribution < 1.29 is 18.7 Å². The van der Waals surface area contributed by atoms with Crippen molar-refractivity contribution in [3.05, 3.63) is 48.4 Å². The Bertz CT molecular complexity index is 576. The van der Waals surface area contributed by atoms with Gasteiger partial charge in [0, 0.05) is 0 Å². The van der Waals surface area contributed by atoms with Gasteiger partial charge in [-0.1, -0.05) is 13.8 Å². The Balaban J connectivity index is 1.67. The lowest BCUT2D eigenvalue weighted by atomic mass is 10.1. The van der Waals surface area contributed by atoms with Crippen LogP contribution in [0.3, 0.4) is 0 Å². The molecule has 1 amide bonds. The van der Waals surface area contributed by atoms with E-state index in [2.05, 4.69) is 19.2 Å². The van der Waals surface area contributed by atoms with Crippen LogP contribution in [-0.4, -0.2) is 19.1 Å². The topological polar surface area (TPSA) is 60.7 Å². The summed E-state index contributed by atoms with van der Waals surface area (Å²) in [6, 6.07) is 10.9. The fraction of sp³-hybridized carbons (Fsp3) is 0.389. The Morgan fingerprint density at radius 2 is 1.83 bits per heavy atom. The number of furan rings is 1. The minimum atomic E-state index is -0.196. The number of ether oxygens (including phenoxy) is 2. The first-order valence-electron chi connectivity index (χ1n) is 7.78. The highest BCUT2D eigenvalue weighted by Gasteiger charge is 2.04. The first-order chi connectivity index (χ1) is 11.1. The van der Waals surface area contributed by atoms with Crippen molar-refractivity contribution in [1.82, 2.24) is 5.32 Å². The summed E-state index contributed by atoms with van der Waals surface area (Å²) in [6.45, 7) is 5.35. The zero-order chi connectivity index (χ0) is 16.5. The number of hydrogen-bond donors (Lipinski definition) is 1. The summed E-state index contributed by atoms with van der Waals surface area (Å²) in [5.41, 5.74) is 0. The van der Waals surface area contributed by atoms with Gasteiger partial charge in [-0.05, 0) is 48.7 Å². The second-order valence-electron chi connectivity index (χ2n) is 5.65. The molecule has 1 aromatic carbocycles. The number of nitrogens with one attached hydrogen (secondary N) is 1. The van der Waals surface area contributed by atoms with Gasteiger partial charge in [0.15, 0.2) is 6.61 Å². The molecule has 5 nitrogen and oxygen atoms in total. The molecule has 1 N–H and O–H groups in total. The maximum Gasteiger partial charge on any atom is 0.258 e. The van der Waals surface area contributed by atoms with Crippen molar-refractivity contribution >= 4 is 5.91 Å². The molecule has 5 heteroatoms. The molecular weight excluding hydrogens is 294 g/mol. The lowest BCUT2D eigenvalue weighted by Crippen LogP contribution is -2.28. The van der Waals surface area contributed by atoms with Gasteiger partial charge < -0.3 is 19.2 Å². The Labute approximate surface area is 136 Å². The van der Waals surface area contributed by atoms with Crippen molar-refractivity contribution in [3.8, 4) is 11.5 Å². The highest BCUT2D eigenvalue weighted by atomic mass is 16.5. The summed E-state index contributed by atoms with van der Waals surface area (Å²) < 4.78 is 16.2. The first kappa shape index (κ1) is 16.9. The van der Waals surface area contributed by atoms with Crippen molar-refractivity contribution in [2.75, 3.05) is 13.2 Å². The maximum absolute atomic E-state index is 11.7. The van der Waals surface area contributed by atoms with Crippen LogP contribution in [0.15, 0.2) is 47.1 Å². The predicted molar refractivity (Wildman–Crippen MR) is 87.4 cm³/mol. The van der Waals surface area contributed by atoms with Crippen molar-refractivity contribution in [2.24, 2.45) is 5.92 Å². The monoisotopic (exact) mass is 317 g/mol. The molecule has 0 saturated heterocycles. The fourth-order valence-electron chi connectivity index (χ4n) is 1.84. The molecule has 0 atom stereocenters. The van der Waals surface area contributed by atoms with Crippen LogP contribution in [-0.2, 0) is 11.3 Å². The van der Waals surface area contributed by atoms with E-state index in [9.17, 15) is 4.79 Å². The Hall–Kier alpha value is -2.43. The third kappa shape index (κ3) is 6.46. The van der Waals surface area contributed by atoms with Gasteiger partial charge in [0.25, 0.3) is 5.91 Å². The zero-order valence-corrected chi connectivity index (χ0v) is 13.6. The van der Waals surface area contributed by atoms with E-state index in [-0.39, 0.29) is 12.5 Å². The number of hydrogen-bond acceptors (Lipinski definition) is 4. The molecule has 2 aromatic rings. The van der Waals surface area contributed by atoms with E-state index >= 15 is 0 Å². The van der Waals surface area contributed by atoms with Crippen LogP contribution in [0.4, 0.5) is 0 Å². The molecule has 0 fully saturated rings. The van der Waals surface area contributed by atoms with E-state index in [1.54, 1.807) is 30.5 Å². The van der Waals surface area contributed by atoms with Crippen LogP contribution < -0.4 is 14.8 Å².